The summed E-state index contributed by atoms with van der Waals surface area (Å²) in [5, 5.41) is 13.0. The number of rotatable bonds is 6. The molecule has 0 heterocycles. The zero-order valence-corrected chi connectivity index (χ0v) is 11.8. The summed E-state index contributed by atoms with van der Waals surface area (Å²) in [7, 11) is -1.16. The van der Waals surface area contributed by atoms with Crippen LogP contribution in [0.1, 0.15) is 12.8 Å². The minimum atomic E-state index is -1.16. The molecule has 0 aliphatic heterocycles. The van der Waals surface area contributed by atoms with Crippen LogP contribution in [-0.4, -0.2) is 33.8 Å². The lowest BCUT2D eigenvalue weighted by Gasteiger charge is -2.11. The fourth-order valence-corrected chi connectivity index (χ4v) is 3.53. The van der Waals surface area contributed by atoms with Gasteiger partial charge in [0.15, 0.2) is 0 Å². The highest BCUT2D eigenvalue weighted by atomic mass is 79.9. The third-order valence-electron chi connectivity index (χ3n) is 2.65. The van der Waals surface area contributed by atoms with E-state index in [0.717, 1.165) is 9.37 Å². The third-order valence-corrected chi connectivity index (χ3v) is 5.13. The summed E-state index contributed by atoms with van der Waals surface area (Å²) in [5.41, 5.74) is 0. The number of aliphatic hydroxyl groups is 1. The Kier molecular flexibility index (Phi) is 4.73. The molecule has 1 saturated carbocycles. The fraction of sp³-hybridized carbons (Fsp3) is 0.500. The third kappa shape index (κ3) is 4.17. The first kappa shape index (κ1) is 13.2. The van der Waals surface area contributed by atoms with Crippen LogP contribution in [-0.2, 0) is 10.8 Å². The smallest absolute Gasteiger partial charge is 0.0783 e. The Morgan fingerprint density at radius 2 is 2.18 bits per heavy atom. The molecule has 0 saturated heterocycles. The van der Waals surface area contributed by atoms with Crippen molar-refractivity contribution in [2.75, 3.05) is 12.3 Å². The van der Waals surface area contributed by atoms with E-state index in [4.69, 9.17) is 0 Å². The van der Waals surface area contributed by atoms with Crippen LogP contribution in [0, 0.1) is 0 Å². The van der Waals surface area contributed by atoms with Gasteiger partial charge in [-0.2, -0.15) is 0 Å². The lowest BCUT2D eigenvalue weighted by molar-refractivity contribution is 0.194. The highest BCUT2D eigenvalue weighted by molar-refractivity contribution is 9.10. The number of halogens is 1. The minimum absolute atomic E-state index is 0.280. The Balaban J connectivity index is 1.85. The topological polar surface area (TPSA) is 49.3 Å². The molecule has 2 unspecified atom stereocenters. The summed E-state index contributed by atoms with van der Waals surface area (Å²) in [6, 6.07) is 7.99. The van der Waals surface area contributed by atoms with Crippen molar-refractivity contribution < 1.29 is 9.32 Å². The molecule has 0 spiro atoms. The molecule has 1 aromatic carbocycles. The van der Waals surface area contributed by atoms with Crippen molar-refractivity contribution in [1.82, 2.24) is 5.32 Å². The van der Waals surface area contributed by atoms with Crippen LogP contribution in [0.4, 0.5) is 0 Å². The van der Waals surface area contributed by atoms with E-state index < -0.39 is 16.9 Å². The number of aliphatic hydroxyl groups excluding tert-OH is 1. The predicted octanol–water partition coefficient (Wildman–Crippen LogP) is 1.67. The molecular weight excluding hydrogens is 302 g/mol. The van der Waals surface area contributed by atoms with Gasteiger partial charge in [-0.25, -0.2) is 0 Å². The van der Waals surface area contributed by atoms with E-state index in [1.807, 2.05) is 24.3 Å². The summed E-state index contributed by atoms with van der Waals surface area (Å²) in [5.74, 6) is 0.280. The van der Waals surface area contributed by atoms with Gasteiger partial charge < -0.3 is 10.4 Å². The first-order valence-corrected chi connectivity index (χ1v) is 7.82. The van der Waals surface area contributed by atoms with Crippen LogP contribution in [0.3, 0.4) is 0 Å². The van der Waals surface area contributed by atoms with Crippen LogP contribution >= 0.6 is 15.9 Å². The van der Waals surface area contributed by atoms with Crippen LogP contribution < -0.4 is 5.32 Å². The van der Waals surface area contributed by atoms with Crippen molar-refractivity contribution in [1.29, 1.82) is 0 Å². The molecule has 2 atom stereocenters. The fourth-order valence-electron chi connectivity index (χ4n) is 1.54. The molecule has 5 heteroatoms. The summed E-state index contributed by atoms with van der Waals surface area (Å²) < 4.78 is 12.9. The average Bonchev–Trinajstić information content (AvgIpc) is 3.10. The van der Waals surface area contributed by atoms with Gasteiger partial charge in [-0.05, 0) is 40.9 Å². The Hall–Kier alpha value is -0.230. The van der Waals surface area contributed by atoms with E-state index in [1.54, 1.807) is 0 Å². The van der Waals surface area contributed by atoms with Crippen molar-refractivity contribution in [3.05, 3.63) is 28.7 Å². The van der Waals surface area contributed by atoms with E-state index in [2.05, 4.69) is 21.2 Å². The maximum atomic E-state index is 12.0. The minimum Gasteiger partial charge on any atom is -0.391 e. The molecule has 0 bridgehead atoms. The van der Waals surface area contributed by atoms with Gasteiger partial charge >= 0.3 is 0 Å². The van der Waals surface area contributed by atoms with Crippen LogP contribution in [0.2, 0.25) is 0 Å². The Morgan fingerprint density at radius 1 is 1.47 bits per heavy atom. The van der Waals surface area contributed by atoms with Gasteiger partial charge in [-0.3, -0.25) is 4.21 Å². The zero-order valence-electron chi connectivity index (χ0n) is 9.43. The van der Waals surface area contributed by atoms with Gasteiger partial charge in [0.05, 0.1) is 27.6 Å². The molecule has 0 amide bonds. The average molecular weight is 318 g/mol. The SMILES string of the molecule is O=S(CC(O)CNC1CC1)c1ccccc1Br. The Morgan fingerprint density at radius 3 is 2.82 bits per heavy atom. The van der Waals surface area contributed by atoms with Gasteiger partial charge in [0.1, 0.15) is 0 Å². The molecule has 1 aliphatic carbocycles. The van der Waals surface area contributed by atoms with Crippen LogP contribution in [0.5, 0.6) is 0 Å². The van der Waals surface area contributed by atoms with Crippen molar-refractivity contribution in [2.24, 2.45) is 0 Å². The van der Waals surface area contributed by atoms with Crippen LogP contribution in [0.25, 0.3) is 0 Å². The predicted molar refractivity (Wildman–Crippen MR) is 72.4 cm³/mol. The monoisotopic (exact) mass is 317 g/mol. The van der Waals surface area contributed by atoms with Gasteiger partial charge in [0.2, 0.25) is 0 Å². The Bertz CT molecular complexity index is 409. The van der Waals surface area contributed by atoms with Crippen molar-refractivity contribution in [3.63, 3.8) is 0 Å². The quantitative estimate of drug-likeness (QED) is 0.839. The molecule has 0 radical (unpaired) electrons. The van der Waals surface area contributed by atoms with Gasteiger partial charge in [-0.1, -0.05) is 12.1 Å². The van der Waals surface area contributed by atoms with Gasteiger partial charge in [0, 0.05) is 17.1 Å². The molecule has 0 aromatic heterocycles. The Labute approximate surface area is 112 Å². The highest BCUT2D eigenvalue weighted by Gasteiger charge is 2.22. The molecule has 2 N–H and O–H groups in total. The van der Waals surface area contributed by atoms with E-state index in [9.17, 15) is 9.32 Å². The zero-order chi connectivity index (χ0) is 12.3. The van der Waals surface area contributed by atoms with E-state index >= 15 is 0 Å². The normalized spacial score (nSPS) is 18.9. The number of nitrogens with one attached hydrogen (secondary N) is 1. The lowest BCUT2D eigenvalue weighted by Crippen LogP contribution is -2.32. The first-order valence-electron chi connectivity index (χ1n) is 5.71. The van der Waals surface area contributed by atoms with Crippen molar-refractivity contribution in [3.8, 4) is 0 Å². The second kappa shape index (κ2) is 6.09. The molecule has 1 aliphatic rings. The second-order valence-electron chi connectivity index (χ2n) is 4.28. The van der Waals surface area contributed by atoms with E-state index in [1.165, 1.54) is 12.8 Å². The van der Waals surface area contributed by atoms with Crippen molar-refractivity contribution in [2.45, 2.75) is 29.9 Å². The van der Waals surface area contributed by atoms with E-state index in [0.29, 0.717) is 12.6 Å². The molecule has 94 valence electrons. The largest absolute Gasteiger partial charge is 0.391 e. The van der Waals surface area contributed by atoms with Gasteiger partial charge in [-0.15, -0.1) is 0 Å². The molecule has 3 nitrogen and oxygen atoms in total. The molecule has 2 rings (SSSR count). The molecule has 1 fully saturated rings. The number of hydrogen-bond acceptors (Lipinski definition) is 3. The maximum absolute atomic E-state index is 12.0. The number of benzene rings is 1. The van der Waals surface area contributed by atoms with Crippen LogP contribution in [0.15, 0.2) is 33.6 Å². The van der Waals surface area contributed by atoms with Gasteiger partial charge in [0.25, 0.3) is 0 Å². The van der Waals surface area contributed by atoms with E-state index in [-0.39, 0.29) is 5.75 Å². The second-order valence-corrected chi connectivity index (χ2v) is 6.60. The summed E-state index contributed by atoms with van der Waals surface area (Å²) in [4.78, 5) is 0.748. The highest BCUT2D eigenvalue weighted by Crippen LogP contribution is 2.21. The lowest BCUT2D eigenvalue weighted by atomic mass is 10.4. The summed E-state index contributed by atoms with van der Waals surface area (Å²) in [6.45, 7) is 0.529. The summed E-state index contributed by atoms with van der Waals surface area (Å²) in [6.07, 6.45) is 1.84. The molecular formula is C12H16BrNO2S. The first-order chi connectivity index (χ1) is 8.16. The van der Waals surface area contributed by atoms with Crippen molar-refractivity contribution >= 4 is 26.7 Å². The summed E-state index contributed by atoms with van der Waals surface area (Å²) >= 11 is 3.37. The number of hydrogen-bond donors (Lipinski definition) is 2. The maximum Gasteiger partial charge on any atom is 0.0783 e. The molecule has 17 heavy (non-hydrogen) atoms. The standard InChI is InChI=1S/C12H16BrNO2S/c13-11-3-1-2-4-12(11)17(16)8-10(15)7-14-9-5-6-9/h1-4,9-10,14-15H,5-8H2. The molecule has 1 aromatic rings.